The molecule has 0 N–H and O–H groups in total. The van der Waals surface area contributed by atoms with Crippen molar-refractivity contribution in [1.82, 2.24) is 4.90 Å². The number of Topliss-reactive ketones (excluding diaryl/α,β-unsaturated/α-hetero) is 1. The summed E-state index contributed by atoms with van der Waals surface area (Å²) in [7, 11) is 0. The van der Waals surface area contributed by atoms with Crippen LogP contribution < -0.4 is 0 Å². The monoisotopic (exact) mass is 245 g/mol. The van der Waals surface area contributed by atoms with E-state index in [9.17, 15) is 9.59 Å². The Morgan fingerprint density at radius 2 is 1.89 bits per heavy atom. The van der Waals surface area contributed by atoms with Gasteiger partial charge in [-0.2, -0.15) is 0 Å². The SMILES string of the molecule is CC(C)(C)OC(=O)N1[C@@H]2c3ccccc3C(=O)[C@@H]21. The predicted molar refractivity (Wildman–Crippen MR) is 65.4 cm³/mol. The van der Waals surface area contributed by atoms with E-state index in [0.29, 0.717) is 0 Å². The van der Waals surface area contributed by atoms with Gasteiger partial charge in [0.2, 0.25) is 0 Å². The summed E-state index contributed by atoms with van der Waals surface area (Å²) >= 11 is 0. The van der Waals surface area contributed by atoms with E-state index >= 15 is 0 Å². The van der Waals surface area contributed by atoms with Crippen molar-refractivity contribution in [2.75, 3.05) is 0 Å². The lowest BCUT2D eigenvalue weighted by atomic mass is 10.1. The largest absolute Gasteiger partial charge is 0.444 e. The molecule has 2 atom stereocenters. The number of fused-ring (bicyclic) bond motifs is 3. The Morgan fingerprint density at radius 3 is 2.56 bits per heavy atom. The van der Waals surface area contributed by atoms with E-state index in [1.54, 1.807) is 0 Å². The molecule has 18 heavy (non-hydrogen) atoms. The molecule has 0 saturated carbocycles. The second-order valence-corrected chi connectivity index (χ2v) is 5.73. The van der Waals surface area contributed by atoms with Crippen molar-refractivity contribution in [1.29, 1.82) is 0 Å². The van der Waals surface area contributed by atoms with Crippen molar-refractivity contribution in [3.05, 3.63) is 35.4 Å². The molecule has 1 heterocycles. The smallest absolute Gasteiger partial charge is 0.411 e. The summed E-state index contributed by atoms with van der Waals surface area (Å²) in [5.74, 6) is 0.0291. The van der Waals surface area contributed by atoms with Gasteiger partial charge in [-0.15, -0.1) is 0 Å². The average molecular weight is 245 g/mol. The quantitative estimate of drug-likeness (QED) is 0.660. The van der Waals surface area contributed by atoms with Crippen LogP contribution in [0.5, 0.6) is 0 Å². The van der Waals surface area contributed by atoms with Crippen molar-refractivity contribution in [2.24, 2.45) is 0 Å². The Labute approximate surface area is 106 Å². The van der Waals surface area contributed by atoms with Crippen molar-refractivity contribution >= 4 is 11.9 Å². The third-order valence-corrected chi connectivity index (χ3v) is 3.23. The number of rotatable bonds is 0. The Balaban J connectivity index is 1.83. The fourth-order valence-corrected chi connectivity index (χ4v) is 2.50. The lowest BCUT2D eigenvalue weighted by molar-refractivity contribution is 0.0384. The van der Waals surface area contributed by atoms with Gasteiger partial charge < -0.3 is 4.74 Å². The van der Waals surface area contributed by atoms with E-state index in [-0.39, 0.29) is 17.9 Å². The van der Waals surface area contributed by atoms with Gasteiger partial charge >= 0.3 is 6.09 Å². The molecule has 94 valence electrons. The minimum absolute atomic E-state index is 0.0291. The number of benzene rings is 1. The minimum atomic E-state index is -0.531. The number of carbonyl (C=O) groups is 2. The molecule has 4 heteroatoms. The third-order valence-electron chi connectivity index (χ3n) is 3.23. The Kier molecular flexibility index (Phi) is 2.09. The van der Waals surface area contributed by atoms with Gasteiger partial charge in [0.05, 0.1) is 6.04 Å². The van der Waals surface area contributed by atoms with Crippen LogP contribution in [0.2, 0.25) is 0 Å². The maximum atomic E-state index is 12.1. The zero-order valence-electron chi connectivity index (χ0n) is 10.6. The van der Waals surface area contributed by atoms with Gasteiger partial charge in [0.15, 0.2) is 5.78 Å². The number of carbonyl (C=O) groups excluding carboxylic acids is 2. The molecular weight excluding hydrogens is 230 g/mol. The molecule has 0 bridgehead atoms. The van der Waals surface area contributed by atoms with E-state index in [1.807, 2.05) is 45.0 Å². The van der Waals surface area contributed by atoms with Gasteiger partial charge in [-0.05, 0) is 26.3 Å². The number of amides is 1. The summed E-state index contributed by atoms with van der Waals surface area (Å²) in [6, 6.07) is 7.01. The molecule has 0 radical (unpaired) electrons. The van der Waals surface area contributed by atoms with Gasteiger partial charge in [0.25, 0.3) is 0 Å². The molecule has 1 fully saturated rings. The van der Waals surface area contributed by atoms with Crippen molar-refractivity contribution in [3.63, 3.8) is 0 Å². The van der Waals surface area contributed by atoms with Crippen LogP contribution in [0.25, 0.3) is 0 Å². The van der Waals surface area contributed by atoms with E-state index < -0.39 is 11.7 Å². The summed E-state index contributed by atoms with van der Waals surface area (Å²) in [6.45, 7) is 5.46. The van der Waals surface area contributed by atoms with Crippen LogP contribution in [-0.2, 0) is 4.74 Å². The van der Waals surface area contributed by atoms with Crippen molar-refractivity contribution < 1.29 is 14.3 Å². The highest BCUT2D eigenvalue weighted by atomic mass is 16.6. The van der Waals surface area contributed by atoms with Crippen molar-refractivity contribution in [2.45, 2.75) is 38.5 Å². The molecule has 2 aliphatic rings. The first kappa shape index (κ1) is 11.3. The Morgan fingerprint density at radius 1 is 1.22 bits per heavy atom. The van der Waals surface area contributed by atoms with Crippen LogP contribution in [0, 0.1) is 0 Å². The molecule has 1 aliphatic carbocycles. The van der Waals surface area contributed by atoms with Crippen molar-refractivity contribution in [3.8, 4) is 0 Å². The molecule has 1 aromatic carbocycles. The molecule has 0 spiro atoms. The van der Waals surface area contributed by atoms with Gasteiger partial charge in [-0.25, -0.2) is 4.79 Å². The third kappa shape index (κ3) is 1.52. The standard InChI is InChI=1S/C14H15NO3/c1-14(2,3)18-13(17)15-10-8-6-4-5-7-9(8)12(16)11(10)15/h4-7,10-11H,1-3H3/t10-,11-,15?/m1/s1. The highest BCUT2D eigenvalue weighted by molar-refractivity contribution is 6.10. The van der Waals surface area contributed by atoms with Crippen LogP contribution in [0.15, 0.2) is 24.3 Å². The molecule has 4 nitrogen and oxygen atoms in total. The molecular formula is C14H15NO3. The van der Waals surface area contributed by atoms with E-state index in [2.05, 4.69) is 0 Å². The summed E-state index contributed by atoms with van der Waals surface area (Å²) < 4.78 is 5.30. The lowest BCUT2D eigenvalue weighted by Gasteiger charge is -2.21. The number of hydrogen-bond acceptors (Lipinski definition) is 3. The maximum absolute atomic E-state index is 12.1. The fraction of sp³-hybridized carbons (Fsp3) is 0.429. The molecule has 1 aromatic rings. The molecule has 1 saturated heterocycles. The van der Waals surface area contributed by atoms with Gasteiger partial charge in [0, 0.05) is 5.56 Å². The van der Waals surface area contributed by atoms with Crippen LogP contribution in [-0.4, -0.2) is 28.4 Å². The lowest BCUT2D eigenvalue weighted by Crippen LogP contribution is -2.30. The van der Waals surface area contributed by atoms with Crippen LogP contribution in [0.3, 0.4) is 0 Å². The number of hydrogen-bond donors (Lipinski definition) is 0. The van der Waals surface area contributed by atoms with E-state index in [4.69, 9.17) is 4.74 Å². The van der Waals surface area contributed by atoms with Crippen LogP contribution >= 0.6 is 0 Å². The molecule has 0 unspecified atom stereocenters. The summed E-state index contributed by atoms with van der Waals surface area (Å²) in [6.07, 6.45) is -0.402. The minimum Gasteiger partial charge on any atom is -0.444 e. The second-order valence-electron chi connectivity index (χ2n) is 5.73. The molecule has 1 aliphatic heterocycles. The van der Waals surface area contributed by atoms with Crippen LogP contribution in [0.1, 0.15) is 42.7 Å². The predicted octanol–water partition coefficient (Wildman–Crippen LogP) is 2.54. The van der Waals surface area contributed by atoms with Crippen LogP contribution in [0.4, 0.5) is 4.79 Å². The number of ether oxygens (including phenoxy) is 1. The first-order chi connectivity index (χ1) is 8.40. The molecule has 3 rings (SSSR count). The summed E-state index contributed by atoms with van der Waals surface area (Å²) in [5, 5.41) is 0. The molecule has 0 aromatic heterocycles. The zero-order valence-corrected chi connectivity index (χ0v) is 10.6. The van der Waals surface area contributed by atoms with E-state index in [1.165, 1.54) is 4.90 Å². The topological polar surface area (TPSA) is 46.4 Å². The number of ketones is 1. The van der Waals surface area contributed by atoms with E-state index in [0.717, 1.165) is 11.1 Å². The summed E-state index contributed by atoms with van der Waals surface area (Å²) in [5.41, 5.74) is 1.15. The highest BCUT2D eigenvalue weighted by Crippen LogP contribution is 2.52. The zero-order chi connectivity index (χ0) is 13.1. The fourth-order valence-electron chi connectivity index (χ4n) is 2.50. The Hall–Kier alpha value is -1.84. The van der Waals surface area contributed by atoms with Gasteiger partial charge in [0.1, 0.15) is 11.6 Å². The van der Waals surface area contributed by atoms with Gasteiger partial charge in [-0.3, -0.25) is 9.69 Å². The Bertz CT molecular complexity index is 544. The average Bonchev–Trinajstić information content (AvgIpc) is 2.94. The maximum Gasteiger partial charge on any atom is 0.411 e. The number of nitrogens with zero attached hydrogens (tertiary/aromatic N) is 1. The first-order valence-corrected chi connectivity index (χ1v) is 6.04. The normalized spacial score (nSPS) is 24.6. The summed E-state index contributed by atoms with van der Waals surface area (Å²) in [4.78, 5) is 25.5. The second kappa shape index (κ2) is 3.34. The highest BCUT2D eigenvalue weighted by Gasteiger charge is 2.62. The van der Waals surface area contributed by atoms with Gasteiger partial charge in [-0.1, -0.05) is 24.3 Å². The first-order valence-electron chi connectivity index (χ1n) is 6.04. The molecule has 1 amide bonds.